The number of nitrogens with one attached hydrogen (secondary N) is 1. The van der Waals surface area contributed by atoms with Crippen LogP contribution in [0.25, 0.3) is 0 Å². The molecular formula is C18H24N2O6. The van der Waals surface area contributed by atoms with Crippen molar-refractivity contribution in [2.24, 2.45) is 5.92 Å². The van der Waals surface area contributed by atoms with Crippen molar-refractivity contribution < 1.29 is 28.6 Å². The Bertz CT molecular complexity index is 663. The Hall–Kier alpha value is -2.61. The summed E-state index contributed by atoms with van der Waals surface area (Å²) in [6, 6.07) is 7.11. The van der Waals surface area contributed by atoms with Crippen LogP contribution in [-0.2, 0) is 23.9 Å². The summed E-state index contributed by atoms with van der Waals surface area (Å²) < 4.78 is 15.3. The molecule has 1 saturated heterocycles. The molecule has 2 amide bonds. The highest BCUT2D eigenvalue weighted by Crippen LogP contribution is 2.33. The van der Waals surface area contributed by atoms with Crippen LogP contribution in [0.2, 0.25) is 0 Å². The summed E-state index contributed by atoms with van der Waals surface area (Å²) in [7, 11) is 3.05. The predicted molar refractivity (Wildman–Crippen MR) is 93.9 cm³/mol. The van der Waals surface area contributed by atoms with Gasteiger partial charge in [0.1, 0.15) is 5.75 Å². The van der Waals surface area contributed by atoms with E-state index in [-0.39, 0.29) is 18.9 Å². The van der Waals surface area contributed by atoms with E-state index in [1.807, 2.05) is 0 Å². The number of amides is 2. The highest BCUT2D eigenvalue weighted by Gasteiger charge is 2.38. The smallest absolute Gasteiger partial charge is 0.312 e. The van der Waals surface area contributed by atoms with Crippen LogP contribution in [0.15, 0.2) is 24.3 Å². The fourth-order valence-electron chi connectivity index (χ4n) is 2.70. The van der Waals surface area contributed by atoms with Crippen molar-refractivity contribution in [3.8, 4) is 5.75 Å². The zero-order chi connectivity index (χ0) is 19.1. The Morgan fingerprint density at radius 2 is 2.04 bits per heavy atom. The molecule has 8 heteroatoms. The molecule has 1 fully saturated rings. The number of ether oxygens (including phenoxy) is 3. The fraction of sp³-hybridized carbons (Fsp3) is 0.500. The number of hydrogen-bond acceptors (Lipinski definition) is 6. The summed E-state index contributed by atoms with van der Waals surface area (Å²) in [5.41, 5.74) is 0.612. The maximum absolute atomic E-state index is 12.3. The molecule has 0 aromatic heterocycles. The minimum Gasteiger partial charge on any atom is -0.495 e. The van der Waals surface area contributed by atoms with Gasteiger partial charge in [-0.05, 0) is 19.1 Å². The maximum Gasteiger partial charge on any atom is 0.312 e. The minimum absolute atomic E-state index is 0.0366. The van der Waals surface area contributed by atoms with E-state index in [1.165, 1.54) is 26.0 Å². The number of methoxy groups -OCH3 is 2. The second-order valence-electron chi connectivity index (χ2n) is 5.94. The molecule has 142 valence electrons. The van der Waals surface area contributed by atoms with Gasteiger partial charge >= 0.3 is 5.97 Å². The highest BCUT2D eigenvalue weighted by molar-refractivity contribution is 6.00. The largest absolute Gasteiger partial charge is 0.495 e. The molecule has 1 heterocycles. The molecule has 8 nitrogen and oxygen atoms in total. The zero-order valence-electron chi connectivity index (χ0n) is 15.2. The van der Waals surface area contributed by atoms with E-state index in [2.05, 4.69) is 5.32 Å². The quantitative estimate of drug-likeness (QED) is 0.540. The van der Waals surface area contributed by atoms with Crippen LogP contribution in [0.1, 0.15) is 13.3 Å². The van der Waals surface area contributed by atoms with E-state index in [1.54, 1.807) is 24.3 Å². The van der Waals surface area contributed by atoms with Crippen molar-refractivity contribution in [1.82, 2.24) is 5.32 Å². The second-order valence-corrected chi connectivity index (χ2v) is 5.94. The number of carbonyl (C=O) groups excluding carboxylic acids is 3. The lowest BCUT2D eigenvalue weighted by Gasteiger charge is -2.19. The van der Waals surface area contributed by atoms with E-state index < -0.39 is 23.9 Å². The Labute approximate surface area is 152 Å². The molecular weight excluding hydrogens is 340 g/mol. The molecule has 26 heavy (non-hydrogen) atoms. The van der Waals surface area contributed by atoms with Crippen molar-refractivity contribution in [1.29, 1.82) is 0 Å². The Morgan fingerprint density at radius 1 is 1.31 bits per heavy atom. The van der Waals surface area contributed by atoms with Gasteiger partial charge in [0.05, 0.1) is 25.3 Å². The van der Waals surface area contributed by atoms with Crippen molar-refractivity contribution in [2.45, 2.75) is 19.4 Å². The van der Waals surface area contributed by atoms with Crippen molar-refractivity contribution in [2.75, 3.05) is 38.8 Å². The van der Waals surface area contributed by atoms with Gasteiger partial charge in [-0.1, -0.05) is 12.1 Å². The molecule has 0 radical (unpaired) electrons. The van der Waals surface area contributed by atoms with Crippen LogP contribution in [-0.4, -0.2) is 57.8 Å². The molecule has 0 spiro atoms. The van der Waals surface area contributed by atoms with Gasteiger partial charge in [-0.15, -0.1) is 0 Å². The summed E-state index contributed by atoms with van der Waals surface area (Å²) in [4.78, 5) is 38.0. The Morgan fingerprint density at radius 3 is 2.73 bits per heavy atom. The van der Waals surface area contributed by atoms with Crippen LogP contribution in [0.5, 0.6) is 5.75 Å². The summed E-state index contributed by atoms with van der Waals surface area (Å²) >= 11 is 0. The molecule has 2 atom stereocenters. The number of esters is 1. The number of hydrogen-bond donors (Lipinski definition) is 1. The SMILES string of the molecule is COCCNC(=O)[C@H](C)OC(=O)[C@H]1CC(=O)N(c2ccccc2OC)C1. The molecule has 0 bridgehead atoms. The van der Waals surface area contributed by atoms with E-state index in [0.29, 0.717) is 24.6 Å². The van der Waals surface area contributed by atoms with Crippen LogP contribution < -0.4 is 15.0 Å². The number of nitrogens with zero attached hydrogens (tertiary/aromatic N) is 1. The molecule has 2 rings (SSSR count). The molecule has 1 aromatic carbocycles. The Kier molecular flexibility index (Phi) is 6.97. The number of para-hydroxylation sites is 2. The van der Waals surface area contributed by atoms with Crippen molar-refractivity contribution in [3.05, 3.63) is 24.3 Å². The molecule has 1 aromatic rings. The lowest BCUT2D eigenvalue weighted by molar-refractivity contribution is -0.158. The molecule has 0 saturated carbocycles. The molecule has 0 aliphatic carbocycles. The standard InChI is InChI=1S/C18H24N2O6/c1-12(17(22)19-8-9-24-2)26-18(23)13-10-16(21)20(11-13)14-6-4-5-7-15(14)25-3/h4-7,12-13H,8-11H2,1-3H3,(H,19,22)/t12-,13-/m0/s1. The topological polar surface area (TPSA) is 94.2 Å². The molecule has 1 aliphatic heterocycles. The van der Waals surface area contributed by atoms with E-state index in [4.69, 9.17) is 14.2 Å². The Balaban J connectivity index is 1.95. The molecule has 1 N–H and O–H groups in total. The van der Waals surface area contributed by atoms with Gasteiger partial charge in [-0.25, -0.2) is 0 Å². The third kappa shape index (κ3) is 4.72. The first-order valence-corrected chi connectivity index (χ1v) is 8.38. The van der Waals surface area contributed by atoms with Crippen molar-refractivity contribution >= 4 is 23.5 Å². The van der Waals surface area contributed by atoms with Gasteiger partial charge in [-0.3, -0.25) is 14.4 Å². The van der Waals surface area contributed by atoms with Gasteiger partial charge in [-0.2, -0.15) is 0 Å². The fourth-order valence-corrected chi connectivity index (χ4v) is 2.70. The normalized spacial score (nSPS) is 17.7. The lowest BCUT2D eigenvalue weighted by Crippen LogP contribution is -2.38. The minimum atomic E-state index is -0.935. The van der Waals surface area contributed by atoms with Gasteiger partial charge in [0, 0.05) is 26.6 Å². The molecule has 1 aliphatic rings. The third-order valence-electron chi connectivity index (χ3n) is 4.10. The monoisotopic (exact) mass is 364 g/mol. The average Bonchev–Trinajstić information content (AvgIpc) is 3.03. The summed E-state index contributed by atoms with van der Waals surface area (Å²) in [6.45, 7) is 2.39. The lowest BCUT2D eigenvalue weighted by atomic mass is 10.1. The summed E-state index contributed by atoms with van der Waals surface area (Å²) in [6.07, 6.45) is -0.899. The van der Waals surface area contributed by atoms with Gasteiger partial charge in [0.15, 0.2) is 6.10 Å². The summed E-state index contributed by atoms with van der Waals surface area (Å²) in [5.74, 6) is -1.22. The molecule has 0 unspecified atom stereocenters. The second kappa shape index (κ2) is 9.19. The van der Waals surface area contributed by atoms with Crippen LogP contribution in [0.3, 0.4) is 0 Å². The highest BCUT2D eigenvalue weighted by atomic mass is 16.5. The average molecular weight is 364 g/mol. The number of anilines is 1. The third-order valence-corrected chi connectivity index (χ3v) is 4.10. The first-order valence-electron chi connectivity index (χ1n) is 8.38. The predicted octanol–water partition coefficient (Wildman–Crippen LogP) is 0.742. The number of carbonyl (C=O) groups is 3. The summed E-state index contributed by atoms with van der Waals surface area (Å²) in [5, 5.41) is 2.60. The zero-order valence-corrected chi connectivity index (χ0v) is 15.2. The van der Waals surface area contributed by atoms with E-state index >= 15 is 0 Å². The van der Waals surface area contributed by atoms with E-state index in [9.17, 15) is 14.4 Å². The van der Waals surface area contributed by atoms with Crippen molar-refractivity contribution in [3.63, 3.8) is 0 Å². The first kappa shape index (κ1) is 19.7. The van der Waals surface area contributed by atoms with Crippen LogP contribution >= 0.6 is 0 Å². The van der Waals surface area contributed by atoms with Gasteiger partial charge in [0.25, 0.3) is 5.91 Å². The van der Waals surface area contributed by atoms with Crippen LogP contribution in [0.4, 0.5) is 5.69 Å². The van der Waals surface area contributed by atoms with Gasteiger partial charge in [0.2, 0.25) is 5.91 Å². The van der Waals surface area contributed by atoms with Crippen LogP contribution in [0, 0.1) is 5.92 Å². The first-order chi connectivity index (χ1) is 12.5. The van der Waals surface area contributed by atoms with Gasteiger partial charge < -0.3 is 24.4 Å². The maximum atomic E-state index is 12.3. The number of benzene rings is 1. The van der Waals surface area contributed by atoms with E-state index in [0.717, 1.165) is 0 Å². The number of rotatable bonds is 8.